The number of rotatable bonds is 5. The zero-order valence-electron chi connectivity index (χ0n) is 11.9. The minimum atomic E-state index is -0.755. The number of fused-ring (bicyclic) bond motifs is 1. The summed E-state index contributed by atoms with van der Waals surface area (Å²) in [6.07, 6.45) is 3.88. The van der Waals surface area contributed by atoms with E-state index in [2.05, 4.69) is 0 Å². The Labute approximate surface area is 115 Å². The van der Waals surface area contributed by atoms with Crippen LogP contribution in [0.4, 0.5) is 0 Å². The van der Waals surface area contributed by atoms with Gasteiger partial charge in [0.1, 0.15) is 12.4 Å². The lowest BCUT2D eigenvalue weighted by Gasteiger charge is -2.26. The maximum atomic E-state index is 10.2. The number of ether oxygens (including phenoxy) is 1. The molecule has 0 amide bonds. The van der Waals surface area contributed by atoms with Crippen LogP contribution in [-0.4, -0.2) is 22.4 Å². The number of hydrogen-bond acceptors (Lipinski definition) is 3. The van der Waals surface area contributed by atoms with Crippen LogP contribution in [0.2, 0.25) is 0 Å². The summed E-state index contributed by atoms with van der Waals surface area (Å²) in [6, 6.07) is 5.89. The molecule has 1 unspecified atom stereocenters. The van der Waals surface area contributed by atoms with Gasteiger partial charge in [-0.3, -0.25) is 0 Å². The monoisotopic (exact) mass is 264 g/mol. The number of hydrogen-bond donors (Lipinski definition) is 2. The molecule has 0 aromatic heterocycles. The summed E-state index contributed by atoms with van der Waals surface area (Å²) >= 11 is 0. The molecule has 0 aliphatic heterocycles. The van der Waals surface area contributed by atoms with E-state index >= 15 is 0 Å². The van der Waals surface area contributed by atoms with Gasteiger partial charge < -0.3 is 14.9 Å². The van der Waals surface area contributed by atoms with Gasteiger partial charge in [-0.2, -0.15) is 0 Å². The van der Waals surface area contributed by atoms with Crippen molar-refractivity contribution in [2.75, 3.05) is 6.61 Å². The molecule has 0 radical (unpaired) electrons. The molecule has 106 valence electrons. The second-order valence-electron chi connectivity index (χ2n) is 5.49. The minimum absolute atomic E-state index is 0.300. The van der Waals surface area contributed by atoms with Gasteiger partial charge in [-0.1, -0.05) is 19.9 Å². The highest BCUT2D eigenvalue weighted by Crippen LogP contribution is 2.32. The van der Waals surface area contributed by atoms with E-state index in [1.807, 2.05) is 32.0 Å². The van der Waals surface area contributed by atoms with E-state index in [1.165, 1.54) is 5.56 Å². The summed E-state index contributed by atoms with van der Waals surface area (Å²) in [5, 5.41) is 20.2. The predicted molar refractivity (Wildman–Crippen MR) is 75.4 cm³/mol. The van der Waals surface area contributed by atoms with Crippen molar-refractivity contribution >= 4 is 0 Å². The SMILES string of the molecule is CCC(O)(CC)COc1ccc2c(c1)C(O)CCC2. The third-order valence-electron chi connectivity index (χ3n) is 4.22. The molecule has 0 spiro atoms. The Morgan fingerprint density at radius 2 is 2.05 bits per heavy atom. The number of aliphatic hydroxyl groups excluding tert-OH is 1. The highest BCUT2D eigenvalue weighted by Gasteiger charge is 2.24. The van der Waals surface area contributed by atoms with Crippen LogP contribution in [-0.2, 0) is 6.42 Å². The molecule has 2 rings (SSSR count). The molecule has 0 fully saturated rings. The smallest absolute Gasteiger partial charge is 0.119 e. The zero-order valence-corrected chi connectivity index (χ0v) is 11.9. The lowest BCUT2D eigenvalue weighted by molar-refractivity contribution is -0.0114. The Bertz CT molecular complexity index is 424. The van der Waals surface area contributed by atoms with Crippen molar-refractivity contribution in [3.8, 4) is 5.75 Å². The lowest BCUT2D eigenvalue weighted by atomic mass is 9.89. The third-order valence-corrected chi connectivity index (χ3v) is 4.22. The Balaban J connectivity index is 2.08. The molecule has 1 aliphatic carbocycles. The molecule has 0 saturated carbocycles. The Morgan fingerprint density at radius 1 is 1.32 bits per heavy atom. The molecular formula is C16H24O3. The van der Waals surface area contributed by atoms with Crippen LogP contribution in [0.15, 0.2) is 18.2 Å². The van der Waals surface area contributed by atoms with Crippen LogP contribution < -0.4 is 4.74 Å². The van der Waals surface area contributed by atoms with E-state index in [0.29, 0.717) is 19.4 Å². The fourth-order valence-corrected chi connectivity index (χ4v) is 2.51. The summed E-state index contributed by atoms with van der Waals surface area (Å²) in [5.74, 6) is 0.736. The second kappa shape index (κ2) is 5.93. The largest absolute Gasteiger partial charge is 0.491 e. The van der Waals surface area contributed by atoms with Crippen molar-refractivity contribution in [1.82, 2.24) is 0 Å². The van der Waals surface area contributed by atoms with Crippen molar-refractivity contribution in [3.63, 3.8) is 0 Å². The van der Waals surface area contributed by atoms with Gasteiger partial charge in [0.15, 0.2) is 0 Å². The normalized spacial score (nSPS) is 19.1. The van der Waals surface area contributed by atoms with Crippen LogP contribution in [0.25, 0.3) is 0 Å². The minimum Gasteiger partial charge on any atom is -0.491 e. The van der Waals surface area contributed by atoms with Crippen LogP contribution in [0.5, 0.6) is 5.75 Å². The first-order valence-electron chi connectivity index (χ1n) is 7.24. The van der Waals surface area contributed by atoms with Crippen molar-refractivity contribution in [2.24, 2.45) is 0 Å². The third kappa shape index (κ3) is 3.28. The molecule has 3 heteroatoms. The molecule has 0 saturated heterocycles. The van der Waals surface area contributed by atoms with Gasteiger partial charge in [-0.15, -0.1) is 0 Å². The Morgan fingerprint density at radius 3 is 2.74 bits per heavy atom. The van der Waals surface area contributed by atoms with Gasteiger partial charge in [-0.05, 0) is 55.4 Å². The number of aliphatic hydroxyl groups is 2. The average molecular weight is 264 g/mol. The molecule has 0 bridgehead atoms. The summed E-state index contributed by atoms with van der Waals surface area (Å²) in [7, 11) is 0. The predicted octanol–water partition coefficient (Wildman–Crippen LogP) is 2.99. The van der Waals surface area contributed by atoms with Gasteiger partial charge in [-0.25, -0.2) is 0 Å². The lowest BCUT2D eigenvalue weighted by Crippen LogP contribution is -2.34. The molecule has 1 aliphatic rings. The molecular weight excluding hydrogens is 240 g/mol. The molecule has 2 N–H and O–H groups in total. The first kappa shape index (κ1) is 14.4. The van der Waals surface area contributed by atoms with Gasteiger partial charge in [0, 0.05) is 0 Å². The van der Waals surface area contributed by atoms with Crippen LogP contribution in [0, 0.1) is 0 Å². The standard InChI is InChI=1S/C16H24O3/c1-3-16(18,4-2)11-19-13-9-8-12-6-5-7-15(17)14(12)10-13/h8-10,15,17-18H,3-7,11H2,1-2H3. The van der Waals surface area contributed by atoms with Gasteiger partial charge in [0.2, 0.25) is 0 Å². The van der Waals surface area contributed by atoms with E-state index in [-0.39, 0.29) is 6.10 Å². The second-order valence-corrected chi connectivity index (χ2v) is 5.49. The van der Waals surface area contributed by atoms with E-state index < -0.39 is 5.60 Å². The van der Waals surface area contributed by atoms with E-state index in [9.17, 15) is 10.2 Å². The molecule has 0 heterocycles. The van der Waals surface area contributed by atoms with Crippen LogP contribution >= 0.6 is 0 Å². The van der Waals surface area contributed by atoms with Crippen molar-refractivity contribution < 1.29 is 14.9 Å². The summed E-state index contributed by atoms with van der Waals surface area (Å²) in [5.41, 5.74) is 1.45. The van der Waals surface area contributed by atoms with Crippen LogP contribution in [0.3, 0.4) is 0 Å². The maximum Gasteiger partial charge on any atom is 0.119 e. The highest BCUT2D eigenvalue weighted by atomic mass is 16.5. The molecule has 1 aromatic carbocycles. The molecule has 3 nitrogen and oxygen atoms in total. The summed E-state index contributed by atoms with van der Waals surface area (Å²) < 4.78 is 5.71. The average Bonchev–Trinajstić information content (AvgIpc) is 2.45. The fraction of sp³-hybridized carbons (Fsp3) is 0.625. The highest BCUT2D eigenvalue weighted by molar-refractivity contribution is 5.38. The van der Waals surface area contributed by atoms with E-state index in [1.54, 1.807) is 0 Å². The topological polar surface area (TPSA) is 49.7 Å². The summed E-state index contributed by atoms with van der Waals surface area (Å²) in [4.78, 5) is 0. The van der Waals surface area contributed by atoms with Gasteiger partial charge in [0.25, 0.3) is 0 Å². The molecule has 1 atom stereocenters. The van der Waals surface area contributed by atoms with E-state index in [0.717, 1.165) is 30.6 Å². The van der Waals surface area contributed by atoms with Gasteiger partial charge >= 0.3 is 0 Å². The first-order chi connectivity index (χ1) is 9.08. The molecule has 1 aromatic rings. The quantitative estimate of drug-likeness (QED) is 0.859. The zero-order chi connectivity index (χ0) is 13.9. The Hall–Kier alpha value is -1.06. The maximum absolute atomic E-state index is 10.2. The molecule has 19 heavy (non-hydrogen) atoms. The first-order valence-corrected chi connectivity index (χ1v) is 7.24. The van der Waals surface area contributed by atoms with Crippen molar-refractivity contribution in [3.05, 3.63) is 29.3 Å². The van der Waals surface area contributed by atoms with Gasteiger partial charge in [0.05, 0.1) is 11.7 Å². The van der Waals surface area contributed by atoms with Crippen LogP contribution in [0.1, 0.15) is 56.8 Å². The van der Waals surface area contributed by atoms with Crippen molar-refractivity contribution in [1.29, 1.82) is 0 Å². The van der Waals surface area contributed by atoms with Crippen molar-refractivity contribution in [2.45, 2.75) is 57.7 Å². The number of benzene rings is 1. The fourth-order valence-electron chi connectivity index (χ4n) is 2.51. The summed E-state index contributed by atoms with van der Waals surface area (Å²) in [6.45, 7) is 4.22. The number of aryl methyl sites for hydroxylation is 1. The van der Waals surface area contributed by atoms with E-state index in [4.69, 9.17) is 4.74 Å². The Kier molecular flexibility index (Phi) is 4.48.